The second-order valence-corrected chi connectivity index (χ2v) is 6.68. The van der Waals surface area contributed by atoms with Gasteiger partial charge in [0.2, 0.25) is 6.73 Å². The maximum atomic E-state index is 5.84. The Bertz CT molecular complexity index is 1040. The van der Waals surface area contributed by atoms with Crippen molar-refractivity contribution in [3.63, 3.8) is 0 Å². The van der Waals surface area contributed by atoms with E-state index in [0.717, 1.165) is 23.4 Å². The van der Waals surface area contributed by atoms with Crippen molar-refractivity contribution in [3.8, 4) is 17.0 Å². The summed E-state index contributed by atoms with van der Waals surface area (Å²) in [6.07, 6.45) is 2.83. The van der Waals surface area contributed by atoms with E-state index in [1.165, 1.54) is 10.8 Å². The topological polar surface area (TPSA) is 40.2 Å². The zero-order valence-electron chi connectivity index (χ0n) is 16.0. The van der Waals surface area contributed by atoms with E-state index in [4.69, 9.17) is 9.47 Å². The minimum atomic E-state index is 0.427. The van der Waals surface area contributed by atoms with Gasteiger partial charge in [-0.05, 0) is 22.9 Å². The van der Waals surface area contributed by atoms with Crippen LogP contribution in [-0.2, 0) is 18.5 Å². The minimum Gasteiger partial charge on any atom is -0.493 e. The van der Waals surface area contributed by atoms with E-state index in [1.54, 1.807) is 0 Å². The van der Waals surface area contributed by atoms with Gasteiger partial charge in [-0.1, -0.05) is 60.7 Å². The Hall–Kier alpha value is -3.18. The van der Waals surface area contributed by atoms with Crippen molar-refractivity contribution in [2.45, 2.75) is 13.2 Å². The van der Waals surface area contributed by atoms with Gasteiger partial charge in [-0.3, -0.25) is 0 Å². The lowest BCUT2D eigenvalue weighted by Gasteiger charge is -2.07. The zero-order valence-corrected chi connectivity index (χ0v) is 16.0. The fourth-order valence-electron chi connectivity index (χ4n) is 3.17. The van der Waals surface area contributed by atoms with Crippen LogP contribution in [0.3, 0.4) is 0 Å². The Labute approximate surface area is 164 Å². The van der Waals surface area contributed by atoms with Gasteiger partial charge in [-0.25, -0.2) is 0 Å². The van der Waals surface area contributed by atoms with Crippen LogP contribution in [0.1, 0.15) is 6.42 Å². The summed E-state index contributed by atoms with van der Waals surface area (Å²) < 4.78 is 15.3. The average Bonchev–Trinajstić information content (AvgIpc) is 3.11. The molecule has 0 fully saturated rings. The van der Waals surface area contributed by atoms with Crippen molar-refractivity contribution >= 4 is 10.8 Å². The maximum absolute atomic E-state index is 5.84. The first kappa shape index (κ1) is 18.2. The van der Waals surface area contributed by atoms with Crippen LogP contribution >= 0.6 is 0 Å². The standard InChI is InChI=1S/C23H24N3O2/c1-25-23(20-9-3-2-4-10-20)17-26(24-25)18-27-14-7-15-28-22-13-12-19-8-5-6-11-21(19)16-22/h2-6,8-13,16-17H,7,14-15,18H2,1H3/q+1. The molecule has 0 aliphatic carbocycles. The number of aryl methyl sites for hydroxylation is 1. The van der Waals surface area contributed by atoms with Gasteiger partial charge >= 0.3 is 0 Å². The molecule has 3 aromatic carbocycles. The summed E-state index contributed by atoms with van der Waals surface area (Å²) in [5.41, 5.74) is 2.20. The largest absolute Gasteiger partial charge is 0.493 e. The number of aromatic nitrogens is 3. The first-order valence-electron chi connectivity index (χ1n) is 9.48. The van der Waals surface area contributed by atoms with Gasteiger partial charge in [0.1, 0.15) is 12.8 Å². The number of hydrogen-bond donors (Lipinski definition) is 0. The van der Waals surface area contributed by atoms with Crippen LogP contribution in [0.4, 0.5) is 0 Å². The van der Waals surface area contributed by atoms with Crippen molar-refractivity contribution < 1.29 is 14.2 Å². The Balaban J connectivity index is 1.22. The molecule has 4 aromatic rings. The number of ether oxygens (including phenoxy) is 2. The van der Waals surface area contributed by atoms with Crippen molar-refractivity contribution in [3.05, 3.63) is 79.0 Å². The fourth-order valence-corrected chi connectivity index (χ4v) is 3.17. The van der Waals surface area contributed by atoms with E-state index in [1.807, 2.05) is 59.0 Å². The van der Waals surface area contributed by atoms with E-state index in [2.05, 4.69) is 41.6 Å². The molecule has 0 aliphatic heterocycles. The number of nitrogens with zero attached hydrogens (tertiary/aromatic N) is 3. The number of fused-ring (bicyclic) bond motifs is 1. The van der Waals surface area contributed by atoms with Gasteiger partial charge in [0.25, 0.3) is 0 Å². The van der Waals surface area contributed by atoms with Gasteiger partial charge < -0.3 is 9.47 Å². The van der Waals surface area contributed by atoms with E-state index in [9.17, 15) is 0 Å². The Morgan fingerprint density at radius 3 is 2.54 bits per heavy atom. The van der Waals surface area contributed by atoms with Gasteiger partial charge in [0.15, 0.2) is 11.9 Å². The summed E-state index contributed by atoms with van der Waals surface area (Å²) in [6, 6.07) is 24.7. The molecule has 0 saturated heterocycles. The third-order valence-electron chi connectivity index (χ3n) is 4.58. The maximum Gasteiger partial charge on any atom is 0.213 e. The van der Waals surface area contributed by atoms with E-state index in [-0.39, 0.29) is 0 Å². The van der Waals surface area contributed by atoms with Crippen LogP contribution in [0, 0.1) is 0 Å². The lowest BCUT2D eigenvalue weighted by molar-refractivity contribution is -0.786. The summed E-state index contributed by atoms with van der Waals surface area (Å²) in [5, 5.41) is 6.87. The molecule has 0 radical (unpaired) electrons. The molecule has 0 saturated carbocycles. The minimum absolute atomic E-state index is 0.427. The molecule has 5 nitrogen and oxygen atoms in total. The second-order valence-electron chi connectivity index (χ2n) is 6.68. The van der Waals surface area contributed by atoms with Crippen LogP contribution in [0.2, 0.25) is 0 Å². The first-order valence-corrected chi connectivity index (χ1v) is 9.48. The number of hydrogen-bond acceptors (Lipinski definition) is 3. The van der Waals surface area contributed by atoms with Crippen LogP contribution in [0.5, 0.6) is 5.75 Å². The van der Waals surface area contributed by atoms with Gasteiger partial charge in [-0.2, -0.15) is 0 Å². The quantitative estimate of drug-likeness (QED) is 0.346. The van der Waals surface area contributed by atoms with Crippen molar-refractivity contribution in [1.82, 2.24) is 9.90 Å². The summed E-state index contributed by atoms with van der Waals surface area (Å²) >= 11 is 0. The number of rotatable bonds is 8. The highest BCUT2D eigenvalue weighted by Gasteiger charge is 2.14. The summed E-state index contributed by atoms with van der Waals surface area (Å²) in [4.78, 5) is 0. The molecule has 1 aromatic heterocycles. The number of benzene rings is 3. The predicted molar refractivity (Wildman–Crippen MR) is 109 cm³/mol. The van der Waals surface area contributed by atoms with E-state index < -0.39 is 0 Å². The van der Waals surface area contributed by atoms with Crippen molar-refractivity contribution in [1.29, 1.82) is 0 Å². The summed E-state index contributed by atoms with van der Waals surface area (Å²) in [7, 11) is 1.94. The fraction of sp³-hybridized carbons (Fsp3) is 0.217. The SMILES string of the molecule is Cn1n[n+](COCCCOc2ccc3ccccc3c2)cc1-c1ccccc1. The Morgan fingerprint density at radius 1 is 0.893 bits per heavy atom. The van der Waals surface area contributed by atoms with Crippen LogP contribution in [0.25, 0.3) is 22.0 Å². The Morgan fingerprint density at radius 2 is 1.68 bits per heavy atom. The molecule has 4 rings (SSSR count). The molecular weight excluding hydrogens is 350 g/mol. The molecule has 28 heavy (non-hydrogen) atoms. The van der Waals surface area contributed by atoms with E-state index >= 15 is 0 Å². The van der Waals surface area contributed by atoms with Crippen LogP contribution in [-0.4, -0.2) is 23.1 Å². The molecule has 0 unspecified atom stereocenters. The average molecular weight is 374 g/mol. The Kier molecular flexibility index (Phi) is 5.64. The van der Waals surface area contributed by atoms with Gasteiger partial charge in [-0.15, -0.1) is 9.36 Å². The summed E-state index contributed by atoms with van der Waals surface area (Å²) in [5.74, 6) is 0.894. The van der Waals surface area contributed by atoms with Crippen molar-refractivity contribution in [2.75, 3.05) is 13.2 Å². The highest BCUT2D eigenvalue weighted by molar-refractivity contribution is 5.83. The first-order chi connectivity index (χ1) is 13.8. The van der Waals surface area contributed by atoms with Crippen LogP contribution in [0.15, 0.2) is 79.0 Å². The third-order valence-corrected chi connectivity index (χ3v) is 4.58. The highest BCUT2D eigenvalue weighted by Crippen LogP contribution is 2.20. The molecule has 0 aliphatic rings. The van der Waals surface area contributed by atoms with Crippen LogP contribution < -0.4 is 9.42 Å². The summed E-state index contributed by atoms with van der Waals surface area (Å²) in [6.45, 7) is 1.68. The second kappa shape index (κ2) is 8.67. The molecule has 142 valence electrons. The normalized spacial score (nSPS) is 11.0. The van der Waals surface area contributed by atoms with Gasteiger partial charge in [0.05, 0.1) is 18.4 Å². The lowest BCUT2D eigenvalue weighted by Crippen LogP contribution is -2.37. The zero-order chi connectivity index (χ0) is 19.2. The smallest absolute Gasteiger partial charge is 0.213 e. The monoisotopic (exact) mass is 374 g/mol. The molecule has 1 heterocycles. The molecule has 0 amide bonds. The van der Waals surface area contributed by atoms with Crippen molar-refractivity contribution in [2.24, 2.45) is 7.05 Å². The third kappa shape index (κ3) is 4.38. The molecule has 5 heteroatoms. The molecule has 0 atom stereocenters. The predicted octanol–water partition coefficient (Wildman–Crippen LogP) is 3.97. The molecule has 0 spiro atoms. The van der Waals surface area contributed by atoms with Gasteiger partial charge in [0, 0.05) is 12.0 Å². The molecular formula is C23H24N3O2+. The van der Waals surface area contributed by atoms with E-state index in [0.29, 0.717) is 19.9 Å². The lowest BCUT2D eigenvalue weighted by atomic mass is 10.1. The molecule has 0 N–H and O–H groups in total. The highest BCUT2D eigenvalue weighted by atomic mass is 16.5. The molecule has 0 bridgehead atoms.